The summed E-state index contributed by atoms with van der Waals surface area (Å²) in [5.74, 6) is 0.543. The van der Waals surface area contributed by atoms with Crippen molar-refractivity contribution < 1.29 is 0 Å². The smallest absolute Gasteiger partial charge is 0.147 e. The lowest BCUT2D eigenvalue weighted by Crippen LogP contribution is -1.94. The lowest BCUT2D eigenvalue weighted by Gasteiger charge is -2.01. The summed E-state index contributed by atoms with van der Waals surface area (Å²) in [5.41, 5.74) is 3.39. The highest BCUT2D eigenvalue weighted by Gasteiger charge is 2.01. The van der Waals surface area contributed by atoms with Gasteiger partial charge in [0.05, 0.1) is 16.3 Å². The second-order valence-electron chi connectivity index (χ2n) is 3.35. The number of halogens is 3. The molecule has 0 aliphatic carbocycles. The van der Waals surface area contributed by atoms with Crippen LogP contribution in [0.4, 0.5) is 5.82 Å². The van der Waals surface area contributed by atoms with Gasteiger partial charge in [0, 0.05) is 5.56 Å². The maximum Gasteiger partial charge on any atom is 0.147 e. The first-order valence-electron chi connectivity index (χ1n) is 5.02. The Hall–Kier alpha value is -1.29. The van der Waals surface area contributed by atoms with Gasteiger partial charge in [-0.1, -0.05) is 46.9 Å². The van der Waals surface area contributed by atoms with E-state index in [0.29, 0.717) is 26.6 Å². The number of hydrogen-bond acceptors (Lipinski definition) is 3. The van der Waals surface area contributed by atoms with Crippen LogP contribution < -0.4 is 5.43 Å². The maximum atomic E-state index is 6.00. The highest BCUT2D eigenvalue weighted by atomic mass is 35.5. The quantitative estimate of drug-likeness (QED) is 0.515. The molecule has 1 aromatic heterocycles. The van der Waals surface area contributed by atoms with Gasteiger partial charge in [0.15, 0.2) is 0 Å². The summed E-state index contributed by atoms with van der Waals surface area (Å²) in [6.07, 6.45) is 1.53. The van der Waals surface area contributed by atoms with Crippen molar-refractivity contribution in [2.75, 3.05) is 5.43 Å². The number of hydrazone groups is 1. The summed E-state index contributed by atoms with van der Waals surface area (Å²) in [5, 5.41) is 5.47. The third kappa shape index (κ3) is 3.35. The molecular formula is C12H8Cl3N3. The molecule has 3 nitrogen and oxygen atoms in total. The minimum Gasteiger partial charge on any atom is -0.261 e. The number of nitrogens with one attached hydrogen (secondary N) is 1. The Morgan fingerprint density at radius 1 is 1.00 bits per heavy atom. The normalized spacial score (nSPS) is 10.8. The van der Waals surface area contributed by atoms with Crippen LogP contribution in [-0.4, -0.2) is 11.2 Å². The van der Waals surface area contributed by atoms with E-state index in [1.54, 1.807) is 36.4 Å². The molecule has 2 rings (SSSR count). The summed E-state index contributed by atoms with van der Waals surface area (Å²) >= 11 is 17.7. The van der Waals surface area contributed by atoms with E-state index >= 15 is 0 Å². The largest absolute Gasteiger partial charge is 0.261 e. The molecule has 6 heteroatoms. The molecule has 0 unspecified atom stereocenters. The molecule has 18 heavy (non-hydrogen) atoms. The Balaban J connectivity index is 2.12. The van der Waals surface area contributed by atoms with E-state index < -0.39 is 0 Å². The van der Waals surface area contributed by atoms with Crippen molar-refractivity contribution in [1.82, 2.24) is 4.98 Å². The number of pyridine rings is 1. The highest BCUT2D eigenvalue weighted by molar-refractivity contribution is 6.38. The fourth-order valence-corrected chi connectivity index (χ4v) is 1.93. The first-order chi connectivity index (χ1) is 8.66. The summed E-state index contributed by atoms with van der Waals surface area (Å²) in [6.45, 7) is 0. The molecule has 0 aliphatic heterocycles. The number of aromatic nitrogens is 1. The van der Waals surface area contributed by atoms with E-state index in [1.165, 1.54) is 6.21 Å². The topological polar surface area (TPSA) is 37.3 Å². The third-order valence-electron chi connectivity index (χ3n) is 2.09. The van der Waals surface area contributed by atoms with Crippen molar-refractivity contribution in [2.24, 2.45) is 5.10 Å². The molecular weight excluding hydrogens is 293 g/mol. The van der Waals surface area contributed by atoms with Crippen LogP contribution in [0.15, 0.2) is 41.5 Å². The van der Waals surface area contributed by atoms with Crippen molar-refractivity contribution in [1.29, 1.82) is 0 Å². The van der Waals surface area contributed by atoms with Gasteiger partial charge in [-0.05, 0) is 24.3 Å². The van der Waals surface area contributed by atoms with E-state index in [1.807, 2.05) is 0 Å². The molecule has 0 bridgehead atoms. The molecule has 0 atom stereocenters. The van der Waals surface area contributed by atoms with Crippen LogP contribution in [0.5, 0.6) is 0 Å². The van der Waals surface area contributed by atoms with Crippen molar-refractivity contribution >= 4 is 46.8 Å². The number of anilines is 1. The van der Waals surface area contributed by atoms with Crippen molar-refractivity contribution in [3.05, 3.63) is 57.2 Å². The Morgan fingerprint density at radius 2 is 1.67 bits per heavy atom. The Kier molecular flexibility index (Phi) is 4.42. The molecule has 0 aliphatic rings. The van der Waals surface area contributed by atoms with Gasteiger partial charge in [-0.15, -0.1) is 0 Å². The average molecular weight is 301 g/mol. The van der Waals surface area contributed by atoms with Crippen molar-refractivity contribution in [2.45, 2.75) is 0 Å². The number of nitrogens with zero attached hydrogens (tertiary/aromatic N) is 2. The van der Waals surface area contributed by atoms with E-state index in [0.717, 1.165) is 0 Å². The molecule has 0 fully saturated rings. The van der Waals surface area contributed by atoms with Gasteiger partial charge in [0.1, 0.15) is 11.0 Å². The molecule has 1 heterocycles. The van der Waals surface area contributed by atoms with Crippen LogP contribution >= 0.6 is 34.8 Å². The Morgan fingerprint density at radius 3 is 2.33 bits per heavy atom. The number of hydrogen-bond donors (Lipinski definition) is 1. The first-order valence-corrected chi connectivity index (χ1v) is 6.16. The number of benzene rings is 1. The molecule has 92 valence electrons. The molecule has 1 N–H and O–H groups in total. The molecule has 0 saturated carbocycles. The van der Waals surface area contributed by atoms with Crippen molar-refractivity contribution in [3.63, 3.8) is 0 Å². The lowest BCUT2D eigenvalue weighted by atomic mass is 10.2. The van der Waals surface area contributed by atoms with E-state index in [9.17, 15) is 0 Å². The second kappa shape index (κ2) is 6.05. The molecule has 0 spiro atoms. The summed E-state index contributed by atoms with van der Waals surface area (Å²) in [7, 11) is 0. The molecule has 0 amide bonds. The third-order valence-corrected chi connectivity index (χ3v) is 2.96. The van der Waals surface area contributed by atoms with Gasteiger partial charge in [0.25, 0.3) is 0 Å². The molecule has 2 aromatic rings. The van der Waals surface area contributed by atoms with Crippen LogP contribution in [0.2, 0.25) is 15.2 Å². The van der Waals surface area contributed by atoms with Crippen LogP contribution in [0.25, 0.3) is 0 Å². The zero-order valence-electron chi connectivity index (χ0n) is 9.07. The van der Waals surface area contributed by atoms with E-state index in [4.69, 9.17) is 34.8 Å². The predicted molar refractivity (Wildman–Crippen MR) is 76.9 cm³/mol. The second-order valence-corrected chi connectivity index (χ2v) is 4.55. The monoisotopic (exact) mass is 299 g/mol. The first kappa shape index (κ1) is 13.1. The van der Waals surface area contributed by atoms with Gasteiger partial charge in [-0.3, -0.25) is 5.43 Å². The van der Waals surface area contributed by atoms with Crippen molar-refractivity contribution in [3.8, 4) is 0 Å². The van der Waals surface area contributed by atoms with Gasteiger partial charge < -0.3 is 0 Å². The summed E-state index contributed by atoms with van der Waals surface area (Å²) in [4.78, 5) is 4.02. The Bertz CT molecular complexity index is 564. The SMILES string of the molecule is Clc1cccc(N/N=C/c2c(Cl)cccc2Cl)n1. The van der Waals surface area contributed by atoms with Crippen LogP contribution in [-0.2, 0) is 0 Å². The average Bonchev–Trinajstić information content (AvgIpc) is 2.33. The van der Waals surface area contributed by atoms with Gasteiger partial charge in [-0.2, -0.15) is 5.10 Å². The van der Waals surface area contributed by atoms with E-state index in [2.05, 4.69) is 15.5 Å². The van der Waals surface area contributed by atoms with Crippen LogP contribution in [0.1, 0.15) is 5.56 Å². The maximum absolute atomic E-state index is 6.00. The fraction of sp³-hybridized carbons (Fsp3) is 0. The molecule has 1 aromatic carbocycles. The summed E-state index contributed by atoms with van der Waals surface area (Å²) in [6, 6.07) is 10.5. The molecule has 0 saturated heterocycles. The fourth-order valence-electron chi connectivity index (χ4n) is 1.27. The van der Waals surface area contributed by atoms with Crippen LogP contribution in [0, 0.1) is 0 Å². The standard InChI is InChI=1S/C12H8Cl3N3/c13-9-3-1-4-10(14)8(9)7-16-18-12-6-2-5-11(15)17-12/h1-7H,(H,17,18)/b16-7+. The van der Waals surface area contributed by atoms with Crippen LogP contribution in [0.3, 0.4) is 0 Å². The molecule has 0 radical (unpaired) electrons. The minimum absolute atomic E-state index is 0.394. The van der Waals surface area contributed by atoms with Gasteiger partial charge >= 0.3 is 0 Å². The lowest BCUT2D eigenvalue weighted by molar-refractivity contribution is 1.23. The van der Waals surface area contributed by atoms with Gasteiger partial charge in [0.2, 0.25) is 0 Å². The zero-order chi connectivity index (χ0) is 13.0. The predicted octanol–water partition coefficient (Wildman–Crippen LogP) is 4.49. The Labute approximate surface area is 119 Å². The number of rotatable bonds is 3. The van der Waals surface area contributed by atoms with E-state index in [-0.39, 0.29) is 0 Å². The minimum atomic E-state index is 0.394. The summed E-state index contributed by atoms with van der Waals surface area (Å²) < 4.78 is 0. The zero-order valence-corrected chi connectivity index (χ0v) is 11.3. The highest BCUT2D eigenvalue weighted by Crippen LogP contribution is 2.22. The van der Waals surface area contributed by atoms with Gasteiger partial charge in [-0.25, -0.2) is 4.98 Å².